The molecule has 0 bridgehead atoms. The van der Waals surface area contributed by atoms with Crippen LogP contribution in [-0.2, 0) is 42.9 Å². The molecular formula is C15H18O9. The molecule has 0 saturated carbocycles. The first-order chi connectivity index (χ1) is 11.1. The summed E-state index contributed by atoms with van der Waals surface area (Å²) in [7, 11) is 0. The van der Waals surface area contributed by atoms with E-state index in [0.717, 1.165) is 27.7 Å². The van der Waals surface area contributed by atoms with Gasteiger partial charge in [0.25, 0.3) is 0 Å². The first kappa shape index (κ1) is 19.4. The third-order valence-electron chi connectivity index (χ3n) is 2.85. The summed E-state index contributed by atoms with van der Waals surface area (Å²) in [5.74, 6) is -0.658. The number of hydrogen-bond donors (Lipinski definition) is 0. The van der Waals surface area contributed by atoms with Gasteiger partial charge < -0.3 is 23.7 Å². The summed E-state index contributed by atoms with van der Waals surface area (Å²) in [5, 5.41) is 0. The summed E-state index contributed by atoms with van der Waals surface area (Å²) >= 11 is 0. The molecule has 1 heterocycles. The average molecular weight is 342 g/mol. The van der Waals surface area contributed by atoms with Crippen LogP contribution in [0.25, 0.3) is 0 Å². The van der Waals surface area contributed by atoms with Crippen molar-refractivity contribution in [3.63, 3.8) is 0 Å². The molecule has 24 heavy (non-hydrogen) atoms. The van der Waals surface area contributed by atoms with E-state index in [2.05, 4.69) is 5.92 Å². The highest BCUT2D eigenvalue weighted by Gasteiger charge is 2.54. The van der Waals surface area contributed by atoms with Crippen molar-refractivity contribution >= 4 is 23.9 Å². The normalized spacial score (nSPS) is 26.6. The summed E-state index contributed by atoms with van der Waals surface area (Å²) in [6, 6.07) is 0. The van der Waals surface area contributed by atoms with Crippen LogP contribution < -0.4 is 0 Å². The Bertz CT molecular complexity index is 562. The van der Waals surface area contributed by atoms with Crippen LogP contribution in [0.15, 0.2) is 0 Å². The number of rotatable bonds is 5. The second-order valence-corrected chi connectivity index (χ2v) is 4.92. The molecule has 0 aromatic rings. The van der Waals surface area contributed by atoms with E-state index in [4.69, 9.17) is 30.1 Å². The minimum atomic E-state index is -1.37. The maximum atomic E-state index is 11.4. The van der Waals surface area contributed by atoms with E-state index in [1.54, 1.807) is 0 Å². The summed E-state index contributed by atoms with van der Waals surface area (Å²) in [6.07, 6.45) is -0.956. The fourth-order valence-corrected chi connectivity index (χ4v) is 2.17. The number of carbonyl (C=O) groups excluding carboxylic acids is 4. The summed E-state index contributed by atoms with van der Waals surface area (Å²) < 4.78 is 25.4. The molecule has 0 spiro atoms. The second kappa shape index (κ2) is 8.31. The Labute approximate surface area is 138 Å². The Morgan fingerprint density at radius 2 is 1.38 bits per heavy atom. The fraction of sp³-hybridized carbons (Fsp3) is 0.600. The minimum absolute atomic E-state index is 0.692. The van der Waals surface area contributed by atoms with Gasteiger partial charge in [-0.3, -0.25) is 19.2 Å². The number of terminal acetylenes is 1. The summed E-state index contributed by atoms with van der Waals surface area (Å²) in [6.45, 7) is 4.49. The average Bonchev–Trinajstić information content (AvgIpc) is 2.72. The van der Waals surface area contributed by atoms with Crippen LogP contribution in [0.4, 0.5) is 0 Å². The quantitative estimate of drug-likeness (QED) is 0.377. The third kappa shape index (κ3) is 5.24. The maximum absolute atomic E-state index is 11.4. The lowest BCUT2D eigenvalue weighted by Gasteiger charge is -2.24. The van der Waals surface area contributed by atoms with Gasteiger partial charge in [-0.25, -0.2) is 0 Å². The zero-order valence-electron chi connectivity index (χ0n) is 13.6. The highest BCUT2D eigenvalue weighted by atomic mass is 16.8. The largest absolute Gasteiger partial charge is 0.455 e. The molecule has 0 aromatic carbocycles. The van der Waals surface area contributed by atoms with Crippen LogP contribution in [0.5, 0.6) is 0 Å². The molecule has 0 amide bonds. The standard InChI is InChI=1S/C15H18O9/c1-6-11(20-7(2)16)12-13(21-8(3)17)14(22-9(4)18)15(24-12)23-10(5)19/h1,11-15H,2-5H3/t11-,12-,13-,14+,15+/m1/s1. The number of carbonyl (C=O) groups is 4. The monoisotopic (exact) mass is 342 g/mol. The molecule has 9 nitrogen and oxygen atoms in total. The highest BCUT2D eigenvalue weighted by Crippen LogP contribution is 2.31. The fourth-order valence-electron chi connectivity index (χ4n) is 2.17. The molecule has 0 unspecified atom stereocenters. The number of esters is 4. The van der Waals surface area contributed by atoms with Gasteiger partial charge in [0.1, 0.15) is 0 Å². The van der Waals surface area contributed by atoms with Crippen molar-refractivity contribution in [3.8, 4) is 12.3 Å². The number of ether oxygens (including phenoxy) is 5. The van der Waals surface area contributed by atoms with Crippen LogP contribution in [0.1, 0.15) is 27.7 Å². The molecule has 132 valence electrons. The van der Waals surface area contributed by atoms with Gasteiger partial charge in [-0.1, -0.05) is 5.92 Å². The van der Waals surface area contributed by atoms with Gasteiger partial charge in [0.15, 0.2) is 18.3 Å². The zero-order valence-corrected chi connectivity index (χ0v) is 13.6. The van der Waals surface area contributed by atoms with Crippen molar-refractivity contribution in [2.24, 2.45) is 0 Å². The second-order valence-electron chi connectivity index (χ2n) is 4.92. The van der Waals surface area contributed by atoms with E-state index >= 15 is 0 Å². The maximum Gasteiger partial charge on any atom is 0.305 e. The van der Waals surface area contributed by atoms with Gasteiger partial charge in [0, 0.05) is 27.7 Å². The van der Waals surface area contributed by atoms with Gasteiger partial charge in [0.2, 0.25) is 12.4 Å². The Morgan fingerprint density at radius 3 is 1.79 bits per heavy atom. The molecule has 5 atom stereocenters. The predicted octanol–water partition coefficient (Wildman–Crippen LogP) is -0.297. The zero-order chi connectivity index (χ0) is 18.4. The van der Waals surface area contributed by atoms with Gasteiger partial charge in [-0.15, -0.1) is 6.42 Å². The molecule has 1 saturated heterocycles. The van der Waals surface area contributed by atoms with Crippen molar-refractivity contribution in [3.05, 3.63) is 0 Å². The smallest absolute Gasteiger partial charge is 0.305 e. The Morgan fingerprint density at radius 1 is 0.875 bits per heavy atom. The lowest BCUT2D eigenvalue weighted by Crippen LogP contribution is -2.44. The van der Waals surface area contributed by atoms with Crippen molar-refractivity contribution < 1.29 is 42.9 Å². The van der Waals surface area contributed by atoms with Crippen LogP contribution in [0, 0.1) is 12.3 Å². The topological polar surface area (TPSA) is 114 Å². The summed E-state index contributed by atoms with van der Waals surface area (Å²) in [4.78, 5) is 45.0. The molecule has 1 rings (SSSR count). The van der Waals surface area contributed by atoms with Crippen LogP contribution in [0.3, 0.4) is 0 Å². The van der Waals surface area contributed by atoms with E-state index in [-0.39, 0.29) is 0 Å². The van der Waals surface area contributed by atoms with E-state index in [1.165, 1.54) is 0 Å². The molecule has 1 aliphatic heterocycles. The van der Waals surface area contributed by atoms with Gasteiger partial charge >= 0.3 is 23.9 Å². The molecule has 9 heteroatoms. The first-order valence-corrected chi connectivity index (χ1v) is 6.96. The predicted molar refractivity (Wildman–Crippen MR) is 75.9 cm³/mol. The Balaban J connectivity index is 3.16. The van der Waals surface area contributed by atoms with E-state index in [0.29, 0.717) is 0 Å². The Kier molecular flexibility index (Phi) is 6.73. The SMILES string of the molecule is C#C[C@@H](OC(C)=O)[C@H]1O[C@H](OC(C)=O)[C@@H](OC(C)=O)[C@@H]1OC(C)=O. The first-order valence-electron chi connectivity index (χ1n) is 6.96. The molecule has 1 fully saturated rings. The minimum Gasteiger partial charge on any atom is -0.455 e. The van der Waals surface area contributed by atoms with E-state index in [1.807, 2.05) is 0 Å². The Hall–Kier alpha value is -2.60. The van der Waals surface area contributed by atoms with E-state index < -0.39 is 54.6 Å². The van der Waals surface area contributed by atoms with Crippen molar-refractivity contribution in [1.82, 2.24) is 0 Å². The van der Waals surface area contributed by atoms with Crippen LogP contribution >= 0.6 is 0 Å². The number of hydrogen-bond acceptors (Lipinski definition) is 9. The third-order valence-corrected chi connectivity index (χ3v) is 2.85. The lowest BCUT2D eigenvalue weighted by molar-refractivity contribution is -0.199. The molecule has 0 radical (unpaired) electrons. The molecular weight excluding hydrogens is 324 g/mol. The molecule has 1 aliphatic rings. The highest BCUT2D eigenvalue weighted by molar-refractivity contribution is 5.69. The van der Waals surface area contributed by atoms with Gasteiger partial charge in [-0.2, -0.15) is 0 Å². The van der Waals surface area contributed by atoms with Crippen molar-refractivity contribution in [2.75, 3.05) is 0 Å². The van der Waals surface area contributed by atoms with Gasteiger partial charge in [0.05, 0.1) is 0 Å². The van der Waals surface area contributed by atoms with Gasteiger partial charge in [-0.05, 0) is 0 Å². The summed E-state index contributed by atoms with van der Waals surface area (Å²) in [5.41, 5.74) is 0. The lowest BCUT2D eigenvalue weighted by atomic mass is 10.1. The molecule has 0 N–H and O–H groups in total. The van der Waals surface area contributed by atoms with Crippen molar-refractivity contribution in [1.29, 1.82) is 0 Å². The van der Waals surface area contributed by atoms with Crippen LogP contribution in [-0.4, -0.2) is 54.6 Å². The van der Waals surface area contributed by atoms with Crippen molar-refractivity contribution in [2.45, 2.75) is 58.4 Å². The molecule has 0 aliphatic carbocycles. The van der Waals surface area contributed by atoms with Crippen LogP contribution in [0.2, 0.25) is 0 Å². The molecule has 0 aromatic heterocycles. The van der Waals surface area contributed by atoms with E-state index in [9.17, 15) is 19.2 Å².